The van der Waals surface area contributed by atoms with Crippen LogP contribution in [0.4, 0.5) is 0 Å². The second-order valence-electron chi connectivity index (χ2n) is 2.29. The van der Waals surface area contributed by atoms with Crippen molar-refractivity contribution in [3.63, 3.8) is 0 Å². The summed E-state index contributed by atoms with van der Waals surface area (Å²) in [6.07, 6.45) is 5.79. The van der Waals surface area contributed by atoms with E-state index in [2.05, 4.69) is 13.8 Å². The molecule has 0 bridgehead atoms. The van der Waals surface area contributed by atoms with Crippen molar-refractivity contribution in [3.8, 4) is 0 Å². The van der Waals surface area contributed by atoms with Gasteiger partial charge in [0.05, 0.1) is 5.75 Å². The molecule has 11 heavy (non-hydrogen) atoms. The predicted octanol–water partition coefficient (Wildman–Crippen LogP) is 2.66. The minimum Gasteiger partial charge on any atom is -0.294 e. The van der Waals surface area contributed by atoms with Crippen molar-refractivity contribution in [2.45, 2.75) is 26.7 Å². The zero-order valence-corrected chi connectivity index (χ0v) is 8.12. The molecule has 0 aromatic rings. The molecule has 0 aliphatic carbocycles. The van der Waals surface area contributed by atoms with Gasteiger partial charge in [-0.15, -0.1) is 0 Å². The summed E-state index contributed by atoms with van der Waals surface area (Å²) in [6, 6.07) is 0. The predicted molar refractivity (Wildman–Crippen MR) is 52.1 cm³/mol. The third kappa shape index (κ3) is 7.66. The number of rotatable bonds is 6. The first-order valence-corrected chi connectivity index (χ1v) is 5.23. The van der Waals surface area contributed by atoms with Crippen molar-refractivity contribution in [1.29, 1.82) is 0 Å². The molecule has 0 amide bonds. The Bertz CT molecular complexity index is 130. The van der Waals surface area contributed by atoms with Crippen molar-refractivity contribution >= 4 is 17.5 Å². The van der Waals surface area contributed by atoms with Gasteiger partial charge in [-0.05, 0) is 18.2 Å². The van der Waals surface area contributed by atoms with Gasteiger partial charge in [-0.3, -0.25) is 4.79 Å². The Morgan fingerprint density at radius 1 is 1.45 bits per heavy atom. The summed E-state index contributed by atoms with van der Waals surface area (Å²) in [5.74, 6) is 1.90. The second kappa shape index (κ2) is 7.86. The molecule has 0 fully saturated rings. The summed E-state index contributed by atoms with van der Waals surface area (Å²) in [5, 5.41) is 0. The highest BCUT2D eigenvalue weighted by atomic mass is 32.2. The van der Waals surface area contributed by atoms with Crippen LogP contribution in [0.2, 0.25) is 0 Å². The van der Waals surface area contributed by atoms with Gasteiger partial charge in [-0.25, -0.2) is 0 Å². The lowest BCUT2D eigenvalue weighted by Crippen LogP contribution is -1.95. The summed E-state index contributed by atoms with van der Waals surface area (Å²) in [5.41, 5.74) is 0. The van der Waals surface area contributed by atoms with Crippen molar-refractivity contribution in [1.82, 2.24) is 0 Å². The smallest absolute Gasteiger partial charge is 0.165 e. The van der Waals surface area contributed by atoms with E-state index in [0.29, 0.717) is 5.75 Å². The van der Waals surface area contributed by atoms with Crippen molar-refractivity contribution in [2.75, 3.05) is 11.5 Å². The van der Waals surface area contributed by atoms with E-state index in [1.54, 1.807) is 17.8 Å². The van der Waals surface area contributed by atoms with E-state index in [4.69, 9.17) is 0 Å². The number of hydrogen-bond acceptors (Lipinski definition) is 2. The first kappa shape index (κ1) is 10.8. The summed E-state index contributed by atoms with van der Waals surface area (Å²) >= 11 is 1.67. The topological polar surface area (TPSA) is 17.1 Å². The van der Waals surface area contributed by atoms with Crippen LogP contribution in [0, 0.1) is 0 Å². The monoisotopic (exact) mass is 172 g/mol. The number of unbranched alkanes of at least 4 members (excludes halogenated alkanes) is 1. The van der Waals surface area contributed by atoms with Gasteiger partial charge < -0.3 is 0 Å². The zero-order chi connectivity index (χ0) is 8.53. The van der Waals surface area contributed by atoms with Crippen LogP contribution in [-0.4, -0.2) is 17.3 Å². The number of thioether (sulfide) groups is 1. The highest BCUT2D eigenvalue weighted by Crippen LogP contribution is 1.99. The fourth-order valence-corrected chi connectivity index (χ4v) is 1.13. The lowest BCUT2D eigenvalue weighted by molar-refractivity contribution is -0.112. The summed E-state index contributed by atoms with van der Waals surface area (Å²) in [4.78, 5) is 11.0. The standard InChI is InChI=1S/C9H16OS/c1-3-5-6-7-9(10)8-11-4-2/h6-7H,3-5,8H2,1-2H3. The molecule has 2 heteroatoms. The summed E-state index contributed by atoms with van der Waals surface area (Å²) < 4.78 is 0. The van der Waals surface area contributed by atoms with Gasteiger partial charge in [0.15, 0.2) is 5.78 Å². The molecule has 0 radical (unpaired) electrons. The zero-order valence-electron chi connectivity index (χ0n) is 7.30. The summed E-state index contributed by atoms with van der Waals surface area (Å²) in [7, 11) is 0. The van der Waals surface area contributed by atoms with Gasteiger partial charge in [0, 0.05) is 0 Å². The number of ketones is 1. The van der Waals surface area contributed by atoms with Crippen LogP contribution >= 0.6 is 11.8 Å². The van der Waals surface area contributed by atoms with E-state index in [1.165, 1.54) is 0 Å². The van der Waals surface area contributed by atoms with Crippen LogP contribution in [0.3, 0.4) is 0 Å². The largest absolute Gasteiger partial charge is 0.294 e. The molecule has 0 unspecified atom stereocenters. The Hall–Kier alpha value is -0.240. The molecule has 0 saturated carbocycles. The average molecular weight is 172 g/mol. The van der Waals surface area contributed by atoms with Crippen LogP contribution in [0.25, 0.3) is 0 Å². The molecule has 0 aromatic carbocycles. The Kier molecular flexibility index (Phi) is 7.69. The van der Waals surface area contributed by atoms with Gasteiger partial charge in [0.25, 0.3) is 0 Å². The third-order valence-corrected chi connectivity index (χ3v) is 2.10. The maximum absolute atomic E-state index is 11.0. The molecule has 0 aromatic heterocycles. The van der Waals surface area contributed by atoms with Crippen LogP contribution in [0.5, 0.6) is 0 Å². The van der Waals surface area contributed by atoms with Crippen LogP contribution in [0.15, 0.2) is 12.2 Å². The molecule has 0 N–H and O–H groups in total. The molecule has 0 aliphatic heterocycles. The average Bonchev–Trinajstić information content (AvgIpc) is 2.01. The lowest BCUT2D eigenvalue weighted by Gasteiger charge is -1.91. The van der Waals surface area contributed by atoms with Gasteiger partial charge in [0.1, 0.15) is 0 Å². The number of carbonyl (C=O) groups excluding carboxylic acids is 1. The second-order valence-corrected chi connectivity index (χ2v) is 3.57. The van der Waals surface area contributed by atoms with E-state index in [-0.39, 0.29) is 5.78 Å². The van der Waals surface area contributed by atoms with E-state index in [0.717, 1.165) is 18.6 Å². The quantitative estimate of drug-likeness (QED) is 0.573. The Morgan fingerprint density at radius 2 is 2.18 bits per heavy atom. The van der Waals surface area contributed by atoms with Crippen molar-refractivity contribution in [3.05, 3.63) is 12.2 Å². The van der Waals surface area contributed by atoms with Gasteiger partial charge in [-0.1, -0.05) is 26.3 Å². The fourth-order valence-electron chi connectivity index (χ4n) is 0.632. The maximum atomic E-state index is 11.0. The Labute approximate surface area is 73.3 Å². The van der Waals surface area contributed by atoms with Gasteiger partial charge >= 0.3 is 0 Å². The van der Waals surface area contributed by atoms with Crippen LogP contribution < -0.4 is 0 Å². The molecule has 0 aliphatic rings. The highest BCUT2D eigenvalue weighted by Gasteiger charge is 1.93. The van der Waals surface area contributed by atoms with Crippen molar-refractivity contribution in [2.24, 2.45) is 0 Å². The first-order chi connectivity index (χ1) is 5.31. The van der Waals surface area contributed by atoms with E-state index >= 15 is 0 Å². The number of hydrogen-bond donors (Lipinski definition) is 0. The lowest BCUT2D eigenvalue weighted by atomic mass is 10.3. The third-order valence-electron chi connectivity index (χ3n) is 1.21. The fraction of sp³-hybridized carbons (Fsp3) is 0.667. The van der Waals surface area contributed by atoms with Gasteiger partial charge in [0.2, 0.25) is 0 Å². The molecule has 0 spiro atoms. The SMILES string of the molecule is CCCC=CC(=O)CSCC. The molecular formula is C9H16OS. The minimum absolute atomic E-state index is 0.241. The molecule has 0 heterocycles. The van der Waals surface area contributed by atoms with Crippen LogP contribution in [-0.2, 0) is 4.79 Å². The minimum atomic E-state index is 0.241. The molecular weight excluding hydrogens is 156 g/mol. The Morgan fingerprint density at radius 3 is 2.73 bits per heavy atom. The normalized spacial score (nSPS) is 10.7. The van der Waals surface area contributed by atoms with E-state index < -0.39 is 0 Å². The number of carbonyl (C=O) groups is 1. The molecule has 0 atom stereocenters. The highest BCUT2D eigenvalue weighted by molar-refractivity contribution is 7.99. The summed E-state index contributed by atoms with van der Waals surface area (Å²) in [6.45, 7) is 4.17. The van der Waals surface area contributed by atoms with E-state index in [9.17, 15) is 4.79 Å². The first-order valence-electron chi connectivity index (χ1n) is 4.08. The molecule has 64 valence electrons. The molecule has 0 saturated heterocycles. The number of allylic oxidation sites excluding steroid dienone is 2. The maximum Gasteiger partial charge on any atom is 0.165 e. The molecule has 0 rings (SSSR count). The molecule has 1 nitrogen and oxygen atoms in total. The Balaban J connectivity index is 3.35. The van der Waals surface area contributed by atoms with Crippen molar-refractivity contribution < 1.29 is 4.79 Å². The van der Waals surface area contributed by atoms with Gasteiger partial charge in [-0.2, -0.15) is 11.8 Å². The van der Waals surface area contributed by atoms with E-state index in [1.807, 2.05) is 6.08 Å². The van der Waals surface area contributed by atoms with Crippen LogP contribution in [0.1, 0.15) is 26.7 Å².